The average Bonchev–Trinajstić information content (AvgIpc) is 3.55. The summed E-state index contributed by atoms with van der Waals surface area (Å²) >= 11 is 0. The van der Waals surface area contributed by atoms with E-state index in [1.54, 1.807) is 0 Å². The summed E-state index contributed by atoms with van der Waals surface area (Å²) < 4.78 is 0. The van der Waals surface area contributed by atoms with E-state index in [4.69, 9.17) is 0 Å². The van der Waals surface area contributed by atoms with Gasteiger partial charge in [0.15, 0.2) is 0 Å². The molecule has 4 aromatic carbocycles. The highest BCUT2D eigenvalue weighted by atomic mass is 14.4. The Hall–Kier alpha value is -3.64. The molecule has 0 aromatic heterocycles. The maximum Gasteiger partial charge on any atom is 0.0105 e. The van der Waals surface area contributed by atoms with Crippen molar-refractivity contribution in [2.75, 3.05) is 0 Å². The zero-order valence-electron chi connectivity index (χ0n) is 21.7. The normalized spacial score (nSPS) is 19.2. The lowest BCUT2D eigenvalue weighted by atomic mass is 9.65. The summed E-state index contributed by atoms with van der Waals surface area (Å²) in [6.45, 7) is 9.07. The fourth-order valence-corrected chi connectivity index (χ4v) is 6.85. The van der Waals surface area contributed by atoms with E-state index in [1.165, 1.54) is 55.6 Å². The molecule has 0 nitrogen and oxygen atoms in total. The van der Waals surface area contributed by atoms with Crippen molar-refractivity contribution in [2.24, 2.45) is 0 Å². The minimum atomic E-state index is 0.312. The first-order chi connectivity index (χ1) is 17.5. The van der Waals surface area contributed by atoms with Gasteiger partial charge < -0.3 is 0 Å². The van der Waals surface area contributed by atoms with Gasteiger partial charge in [0.05, 0.1) is 0 Å². The van der Waals surface area contributed by atoms with E-state index in [0.717, 1.165) is 0 Å². The molecular weight excluding hydrogens is 432 g/mol. The largest absolute Gasteiger partial charge is 0.0757 e. The van der Waals surface area contributed by atoms with E-state index >= 15 is 0 Å². The summed E-state index contributed by atoms with van der Waals surface area (Å²) in [5.74, 6) is 1.28. The Morgan fingerprint density at radius 3 is 1.19 bits per heavy atom. The van der Waals surface area contributed by atoms with Gasteiger partial charge in [0.1, 0.15) is 0 Å². The first kappa shape index (κ1) is 22.8. The van der Waals surface area contributed by atoms with Crippen molar-refractivity contribution in [3.05, 3.63) is 153 Å². The summed E-state index contributed by atoms with van der Waals surface area (Å²) in [5, 5.41) is 0. The average molecular weight is 467 g/mol. The van der Waals surface area contributed by atoms with Crippen LogP contribution >= 0.6 is 0 Å². The molecule has 178 valence electrons. The summed E-state index contributed by atoms with van der Waals surface area (Å²) in [5.41, 5.74) is 14.2. The van der Waals surface area contributed by atoms with Crippen LogP contribution in [0.25, 0.3) is 12.2 Å². The van der Waals surface area contributed by atoms with Crippen molar-refractivity contribution < 1.29 is 0 Å². The van der Waals surface area contributed by atoms with Crippen LogP contribution in [-0.2, 0) is 0 Å². The van der Waals surface area contributed by atoms with E-state index in [-0.39, 0.29) is 0 Å². The molecular formula is C36H34. The second-order valence-corrected chi connectivity index (χ2v) is 10.7. The number of hydrogen-bond donors (Lipinski definition) is 0. The van der Waals surface area contributed by atoms with Crippen molar-refractivity contribution >= 4 is 12.2 Å². The highest BCUT2D eigenvalue weighted by molar-refractivity contribution is 5.71. The van der Waals surface area contributed by atoms with Gasteiger partial charge in [-0.05, 0) is 83.3 Å². The van der Waals surface area contributed by atoms with E-state index in [0.29, 0.717) is 23.7 Å². The predicted molar refractivity (Wildman–Crippen MR) is 154 cm³/mol. The van der Waals surface area contributed by atoms with Gasteiger partial charge in [-0.3, -0.25) is 0 Å². The molecule has 0 heterocycles. The number of allylic oxidation sites excluding steroid dienone is 2. The van der Waals surface area contributed by atoms with Crippen molar-refractivity contribution in [3.63, 3.8) is 0 Å². The molecule has 0 saturated carbocycles. The predicted octanol–water partition coefficient (Wildman–Crippen LogP) is 9.41. The molecule has 2 aliphatic rings. The second kappa shape index (κ2) is 9.10. The van der Waals surface area contributed by atoms with Crippen LogP contribution in [0.4, 0.5) is 0 Å². The summed E-state index contributed by atoms with van der Waals surface area (Å²) in [7, 11) is 0. The smallest absolute Gasteiger partial charge is 0.0105 e. The molecule has 0 radical (unpaired) electrons. The summed E-state index contributed by atoms with van der Waals surface area (Å²) in [6.07, 6.45) is 9.74. The Labute approximate surface area is 216 Å². The number of rotatable bonds is 5. The summed E-state index contributed by atoms with van der Waals surface area (Å²) in [6, 6.07) is 31.7. The number of benzene rings is 4. The fraction of sp³-hybridized carbons (Fsp3) is 0.222. The molecule has 0 amide bonds. The molecule has 6 rings (SSSR count). The van der Waals surface area contributed by atoms with Crippen LogP contribution in [0, 0.1) is 27.7 Å². The van der Waals surface area contributed by atoms with E-state index in [1.807, 2.05) is 0 Å². The standard InChI is InChI=1S/C36H34/c1-23-15-17-25(3)33-29(23)19-21-31(33)35(27-11-7-5-8-12-27)36(28-13-9-6-10-14-28)32-22-20-30-24(2)16-18-26(4)34(30)32/h5-22,31-32,35-36H,1-4H3/t31?,32?,35-,36-/m0/s1. The Balaban J connectivity index is 1.60. The van der Waals surface area contributed by atoms with Gasteiger partial charge >= 0.3 is 0 Å². The van der Waals surface area contributed by atoms with E-state index < -0.39 is 0 Å². The van der Waals surface area contributed by atoms with E-state index in [2.05, 4.69) is 137 Å². The second-order valence-electron chi connectivity index (χ2n) is 10.7. The highest BCUT2D eigenvalue weighted by Crippen LogP contribution is 2.56. The topological polar surface area (TPSA) is 0 Å². The number of aryl methyl sites for hydroxylation is 4. The van der Waals surface area contributed by atoms with Crippen LogP contribution in [0.2, 0.25) is 0 Å². The van der Waals surface area contributed by atoms with Gasteiger partial charge in [0.2, 0.25) is 0 Å². The lowest BCUT2D eigenvalue weighted by Crippen LogP contribution is -2.23. The molecule has 4 aromatic rings. The van der Waals surface area contributed by atoms with Crippen molar-refractivity contribution in [1.82, 2.24) is 0 Å². The van der Waals surface area contributed by atoms with Crippen molar-refractivity contribution in [3.8, 4) is 0 Å². The fourth-order valence-electron chi connectivity index (χ4n) is 6.85. The van der Waals surface area contributed by atoms with Crippen LogP contribution in [0.3, 0.4) is 0 Å². The van der Waals surface area contributed by atoms with Gasteiger partial charge in [-0.2, -0.15) is 0 Å². The zero-order valence-corrected chi connectivity index (χ0v) is 21.7. The molecule has 2 unspecified atom stereocenters. The minimum absolute atomic E-state index is 0.312. The molecule has 0 aliphatic heterocycles. The van der Waals surface area contributed by atoms with Crippen LogP contribution in [-0.4, -0.2) is 0 Å². The van der Waals surface area contributed by atoms with Gasteiger partial charge in [-0.25, -0.2) is 0 Å². The highest BCUT2D eigenvalue weighted by Gasteiger charge is 2.41. The molecule has 0 fully saturated rings. The third kappa shape index (κ3) is 3.68. The van der Waals surface area contributed by atoms with Gasteiger partial charge in [0, 0.05) is 23.7 Å². The Morgan fingerprint density at radius 1 is 0.444 bits per heavy atom. The molecule has 0 spiro atoms. The first-order valence-corrected chi connectivity index (χ1v) is 13.2. The van der Waals surface area contributed by atoms with E-state index in [9.17, 15) is 0 Å². The SMILES string of the molecule is Cc1ccc(C)c2c1C=CC2[C@H](c1ccccc1)[C@@H](c1ccccc1)C1C=Cc2c(C)ccc(C)c21. The molecule has 36 heavy (non-hydrogen) atoms. The number of fused-ring (bicyclic) bond motifs is 2. The molecule has 0 bridgehead atoms. The molecule has 2 aliphatic carbocycles. The van der Waals surface area contributed by atoms with Crippen molar-refractivity contribution in [2.45, 2.75) is 51.4 Å². The third-order valence-electron chi connectivity index (χ3n) is 8.58. The van der Waals surface area contributed by atoms with Crippen LogP contribution in [0.15, 0.2) is 97.1 Å². The minimum Gasteiger partial charge on any atom is -0.0757 e. The summed E-state index contributed by atoms with van der Waals surface area (Å²) in [4.78, 5) is 0. The maximum absolute atomic E-state index is 2.49. The molecule has 0 heteroatoms. The van der Waals surface area contributed by atoms with Crippen molar-refractivity contribution in [1.29, 1.82) is 0 Å². The van der Waals surface area contributed by atoms with Crippen LogP contribution < -0.4 is 0 Å². The van der Waals surface area contributed by atoms with Gasteiger partial charge in [0.25, 0.3) is 0 Å². The lowest BCUT2D eigenvalue weighted by Gasteiger charge is -2.37. The third-order valence-corrected chi connectivity index (χ3v) is 8.58. The maximum atomic E-state index is 2.49. The van der Waals surface area contributed by atoms with Crippen LogP contribution in [0.1, 0.15) is 79.3 Å². The first-order valence-electron chi connectivity index (χ1n) is 13.2. The Bertz CT molecular complexity index is 1350. The molecule has 4 atom stereocenters. The quantitative estimate of drug-likeness (QED) is 0.275. The van der Waals surface area contributed by atoms with Crippen LogP contribution in [0.5, 0.6) is 0 Å². The zero-order chi connectivity index (χ0) is 24.8. The number of hydrogen-bond acceptors (Lipinski definition) is 0. The molecule has 0 saturated heterocycles. The monoisotopic (exact) mass is 466 g/mol. The van der Waals surface area contributed by atoms with Gasteiger partial charge in [-0.15, -0.1) is 0 Å². The lowest BCUT2D eigenvalue weighted by molar-refractivity contribution is 0.467. The van der Waals surface area contributed by atoms with Gasteiger partial charge in [-0.1, -0.05) is 109 Å². The Morgan fingerprint density at radius 2 is 0.806 bits per heavy atom. The molecule has 0 N–H and O–H groups in total. The Kier molecular flexibility index (Phi) is 5.76.